The molecule has 33 heavy (non-hydrogen) atoms. The van der Waals surface area contributed by atoms with E-state index in [9.17, 15) is 4.79 Å². The average Bonchev–Trinajstić information content (AvgIpc) is 2.83. The number of benzene rings is 3. The second kappa shape index (κ2) is 12.4. The Hall–Kier alpha value is -2.91. The van der Waals surface area contributed by atoms with Crippen molar-refractivity contribution >= 4 is 5.97 Å². The number of carbonyl (C=O) groups is 1. The van der Waals surface area contributed by atoms with Gasteiger partial charge >= 0.3 is 5.97 Å². The number of hydrogen-bond acceptors (Lipinski definition) is 3. The zero-order chi connectivity index (χ0) is 23.6. The lowest BCUT2D eigenvalue weighted by Gasteiger charge is -2.39. The molecule has 0 amide bonds. The maximum Gasteiger partial charge on any atom is 0.337 e. The van der Waals surface area contributed by atoms with Crippen LogP contribution < -0.4 is 0 Å². The van der Waals surface area contributed by atoms with Crippen LogP contribution in [-0.2, 0) is 17.7 Å². The maximum absolute atomic E-state index is 11.6. The number of carbonyl (C=O) groups excluding carboxylic acids is 1. The van der Waals surface area contributed by atoms with Crippen LogP contribution in [0.3, 0.4) is 0 Å². The van der Waals surface area contributed by atoms with Crippen molar-refractivity contribution in [2.24, 2.45) is 5.92 Å². The minimum atomic E-state index is -0.277. The molecule has 1 fully saturated rings. The van der Waals surface area contributed by atoms with Gasteiger partial charge in [-0.1, -0.05) is 79.2 Å². The fourth-order valence-corrected chi connectivity index (χ4v) is 4.45. The monoisotopic (exact) mass is 443 g/mol. The Kier molecular flexibility index (Phi) is 9.26. The van der Waals surface area contributed by atoms with E-state index in [1.165, 1.54) is 42.2 Å². The molecule has 1 aliphatic rings. The first-order valence-corrected chi connectivity index (χ1v) is 11.9. The number of ether oxygens (including phenoxy) is 1. The predicted molar refractivity (Wildman–Crippen MR) is 136 cm³/mol. The summed E-state index contributed by atoms with van der Waals surface area (Å²) in [7, 11) is 1.42. The van der Waals surface area contributed by atoms with E-state index in [4.69, 9.17) is 4.74 Å². The molecular formula is C30H37NO2. The SMILES string of the molecule is COC(=O)c1ccc(CN2CC(C)CCC2Cc2ccccc2C)cc1.Cc1ccccc1. The average molecular weight is 444 g/mol. The Balaban J connectivity index is 0.000000374. The Morgan fingerprint density at radius 2 is 1.58 bits per heavy atom. The lowest BCUT2D eigenvalue weighted by molar-refractivity contribution is 0.0600. The third kappa shape index (κ3) is 7.57. The van der Waals surface area contributed by atoms with Crippen molar-refractivity contribution < 1.29 is 9.53 Å². The fourth-order valence-electron chi connectivity index (χ4n) is 4.45. The standard InChI is InChI=1S/C23H29NO2.C7H8/c1-17-8-13-22(14-21-7-5-4-6-18(21)2)24(15-17)16-19-9-11-20(12-10-19)23(25)26-3;1-7-5-3-2-4-6-7/h4-7,9-12,17,22H,8,13-16H2,1-3H3;2-6H,1H3. The van der Waals surface area contributed by atoms with Crippen molar-refractivity contribution in [2.75, 3.05) is 13.7 Å². The molecule has 0 radical (unpaired) electrons. The fraction of sp³-hybridized carbons (Fsp3) is 0.367. The normalized spacial score (nSPS) is 18.2. The molecule has 0 aromatic heterocycles. The minimum Gasteiger partial charge on any atom is -0.465 e. The summed E-state index contributed by atoms with van der Waals surface area (Å²) in [6.07, 6.45) is 3.66. The Bertz CT molecular complexity index is 997. The number of aryl methyl sites for hydroxylation is 2. The van der Waals surface area contributed by atoms with Gasteiger partial charge in [0, 0.05) is 19.1 Å². The highest BCUT2D eigenvalue weighted by atomic mass is 16.5. The summed E-state index contributed by atoms with van der Waals surface area (Å²) >= 11 is 0. The van der Waals surface area contributed by atoms with Crippen molar-refractivity contribution in [3.8, 4) is 0 Å². The number of hydrogen-bond donors (Lipinski definition) is 0. The third-order valence-electron chi connectivity index (χ3n) is 6.47. The molecule has 0 aliphatic carbocycles. The molecule has 3 nitrogen and oxygen atoms in total. The van der Waals surface area contributed by atoms with Gasteiger partial charge in [0.2, 0.25) is 0 Å². The lowest BCUT2D eigenvalue weighted by Crippen LogP contribution is -2.43. The minimum absolute atomic E-state index is 0.277. The van der Waals surface area contributed by atoms with E-state index < -0.39 is 0 Å². The molecule has 3 heteroatoms. The zero-order valence-corrected chi connectivity index (χ0v) is 20.5. The lowest BCUT2D eigenvalue weighted by atomic mass is 9.89. The molecule has 0 bridgehead atoms. The van der Waals surface area contributed by atoms with Gasteiger partial charge in [-0.15, -0.1) is 0 Å². The van der Waals surface area contributed by atoms with E-state index in [0.29, 0.717) is 11.6 Å². The van der Waals surface area contributed by atoms with Crippen LogP contribution in [0, 0.1) is 19.8 Å². The summed E-state index contributed by atoms with van der Waals surface area (Å²) in [4.78, 5) is 14.2. The van der Waals surface area contributed by atoms with Crippen LogP contribution in [-0.4, -0.2) is 30.6 Å². The summed E-state index contributed by atoms with van der Waals surface area (Å²) in [5.74, 6) is 0.457. The number of esters is 1. The molecule has 174 valence electrons. The van der Waals surface area contributed by atoms with Crippen molar-refractivity contribution in [2.45, 2.75) is 52.6 Å². The largest absolute Gasteiger partial charge is 0.465 e. The van der Waals surface area contributed by atoms with E-state index in [1.807, 2.05) is 30.3 Å². The number of rotatable bonds is 5. The first-order valence-electron chi connectivity index (χ1n) is 11.9. The Morgan fingerprint density at radius 3 is 2.18 bits per heavy atom. The molecule has 0 N–H and O–H groups in total. The predicted octanol–water partition coefficient (Wildman–Crippen LogP) is 6.62. The van der Waals surface area contributed by atoms with Gasteiger partial charge in [-0.25, -0.2) is 4.79 Å². The topological polar surface area (TPSA) is 29.5 Å². The van der Waals surface area contributed by atoms with Crippen LogP contribution in [0.2, 0.25) is 0 Å². The molecule has 1 aliphatic heterocycles. The van der Waals surface area contributed by atoms with Gasteiger partial charge in [-0.3, -0.25) is 4.90 Å². The molecule has 4 rings (SSSR count). The number of nitrogens with zero attached hydrogens (tertiary/aromatic N) is 1. The van der Waals surface area contributed by atoms with Gasteiger partial charge < -0.3 is 4.74 Å². The zero-order valence-electron chi connectivity index (χ0n) is 20.5. The van der Waals surface area contributed by atoms with Crippen molar-refractivity contribution in [3.05, 3.63) is 107 Å². The summed E-state index contributed by atoms with van der Waals surface area (Å²) in [6, 6.07) is 27.4. The maximum atomic E-state index is 11.6. The summed E-state index contributed by atoms with van der Waals surface area (Å²) in [6.45, 7) is 8.70. The van der Waals surface area contributed by atoms with Crippen LogP contribution in [0.4, 0.5) is 0 Å². The van der Waals surface area contributed by atoms with E-state index in [-0.39, 0.29) is 5.97 Å². The number of piperidine rings is 1. The molecule has 0 saturated carbocycles. The van der Waals surface area contributed by atoms with Crippen LogP contribution in [0.15, 0.2) is 78.9 Å². The highest BCUT2D eigenvalue weighted by Gasteiger charge is 2.26. The van der Waals surface area contributed by atoms with Gasteiger partial charge in [-0.05, 0) is 67.9 Å². The van der Waals surface area contributed by atoms with E-state index in [1.54, 1.807) is 0 Å². The van der Waals surface area contributed by atoms with Crippen LogP contribution in [0.1, 0.15) is 52.4 Å². The van der Waals surface area contributed by atoms with Crippen molar-refractivity contribution in [1.82, 2.24) is 4.90 Å². The highest BCUT2D eigenvalue weighted by Crippen LogP contribution is 2.27. The number of likely N-dealkylation sites (tertiary alicyclic amines) is 1. The second-order valence-electron chi connectivity index (χ2n) is 9.24. The third-order valence-corrected chi connectivity index (χ3v) is 6.47. The van der Waals surface area contributed by atoms with E-state index in [2.05, 4.69) is 74.2 Å². The van der Waals surface area contributed by atoms with Crippen LogP contribution in [0.5, 0.6) is 0 Å². The first-order chi connectivity index (χ1) is 16.0. The molecular weight excluding hydrogens is 406 g/mol. The summed E-state index contributed by atoms with van der Waals surface area (Å²) in [5, 5.41) is 0. The van der Waals surface area contributed by atoms with Crippen molar-refractivity contribution in [1.29, 1.82) is 0 Å². The Labute approximate surface area is 199 Å². The van der Waals surface area contributed by atoms with E-state index in [0.717, 1.165) is 25.4 Å². The van der Waals surface area contributed by atoms with Crippen molar-refractivity contribution in [3.63, 3.8) is 0 Å². The molecule has 2 unspecified atom stereocenters. The highest BCUT2D eigenvalue weighted by molar-refractivity contribution is 5.89. The molecule has 2 atom stereocenters. The summed E-state index contributed by atoms with van der Waals surface area (Å²) < 4.78 is 4.79. The second-order valence-corrected chi connectivity index (χ2v) is 9.24. The quantitative estimate of drug-likeness (QED) is 0.415. The van der Waals surface area contributed by atoms with Gasteiger partial charge in [-0.2, -0.15) is 0 Å². The summed E-state index contributed by atoms with van der Waals surface area (Å²) in [5.41, 5.74) is 6.02. The van der Waals surface area contributed by atoms with Crippen LogP contribution >= 0.6 is 0 Å². The molecule has 1 heterocycles. The van der Waals surface area contributed by atoms with E-state index >= 15 is 0 Å². The molecule has 0 spiro atoms. The Morgan fingerprint density at radius 1 is 0.909 bits per heavy atom. The smallest absolute Gasteiger partial charge is 0.337 e. The first kappa shape index (κ1) is 24.7. The van der Waals surface area contributed by atoms with Gasteiger partial charge in [0.25, 0.3) is 0 Å². The molecule has 3 aromatic rings. The van der Waals surface area contributed by atoms with Gasteiger partial charge in [0.05, 0.1) is 12.7 Å². The number of methoxy groups -OCH3 is 1. The molecule has 1 saturated heterocycles. The van der Waals surface area contributed by atoms with Gasteiger partial charge in [0.15, 0.2) is 0 Å². The van der Waals surface area contributed by atoms with Gasteiger partial charge in [0.1, 0.15) is 0 Å². The molecule has 3 aromatic carbocycles. The van der Waals surface area contributed by atoms with Crippen LogP contribution in [0.25, 0.3) is 0 Å².